The van der Waals surface area contributed by atoms with Gasteiger partial charge in [-0.2, -0.15) is 0 Å². The van der Waals surface area contributed by atoms with Crippen LogP contribution in [-0.2, 0) is 23.9 Å². The summed E-state index contributed by atoms with van der Waals surface area (Å²) in [6.45, 7) is 4.20. The van der Waals surface area contributed by atoms with Crippen molar-refractivity contribution < 1.29 is 33.5 Å². The number of nitrogens with zero attached hydrogens (tertiary/aromatic N) is 3. The molecular weight excluding hydrogens is 456 g/mol. The van der Waals surface area contributed by atoms with Crippen molar-refractivity contribution in [3.05, 3.63) is 35.4 Å². The van der Waals surface area contributed by atoms with E-state index in [1.165, 1.54) is 19.1 Å². The summed E-state index contributed by atoms with van der Waals surface area (Å²) < 4.78 is 5.15. The molecule has 0 spiro atoms. The minimum absolute atomic E-state index is 0.00553. The minimum Gasteiger partial charge on any atom is -0.442 e. The third-order valence-electron chi connectivity index (χ3n) is 6.74. The third kappa shape index (κ3) is 4.68. The number of imide groups is 2. The first-order valence-electron chi connectivity index (χ1n) is 11.7. The number of piperidine rings is 1. The van der Waals surface area contributed by atoms with Gasteiger partial charge in [0.15, 0.2) is 6.73 Å². The predicted molar refractivity (Wildman–Crippen MR) is 121 cm³/mol. The number of amides is 5. The second-order valence-corrected chi connectivity index (χ2v) is 8.98. The molecule has 11 heteroatoms. The third-order valence-corrected chi connectivity index (χ3v) is 6.74. The lowest BCUT2D eigenvalue weighted by Gasteiger charge is -2.34. The van der Waals surface area contributed by atoms with Gasteiger partial charge in [-0.15, -0.1) is 0 Å². The van der Waals surface area contributed by atoms with Crippen LogP contribution in [-0.4, -0.2) is 88.2 Å². The molecule has 5 amide bonds. The molecule has 3 aliphatic heterocycles. The fourth-order valence-corrected chi connectivity index (χ4v) is 4.63. The number of ether oxygens (including phenoxy) is 1. The number of likely N-dealkylation sites (tertiary alicyclic amines) is 2. The molecule has 2 saturated heterocycles. The van der Waals surface area contributed by atoms with Crippen molar-refractivity contribution in [2.45, 2.75) is 57.7 Å². The Morgan fingerprint density at radius 1 is 1.03 bits per heavy atom. The topological polar surface area (TPSA) is 133 Å². The zero-order valence-electron chi connectivity index (χ0n) is 19.7. The standard InChI is InChI=1S/C24H28N4O7/c1-14(25-20(30)15(2)26-11-5-6-12-26)24(34)35-13-27-19(29)10-9-18(23(27)33)28-21(31)16-7-3-4-8-17(16)22(28)32/h3-4,7-8,14-15,18H,5-6,9-13H2,1-2H3,(H,25,30)/t14-,15?,18-/m0/s1. The highest BCUT2D eigenvalue weighted by Gasteiger charge is 2.47. The lowest BCUT2D eigenvalue weighted by Crippen LogP contribution is -2.57. The summed E-state index contributed by atoms with van der Waals surface area (Å²) in [5.74, 6) is -3.68. The van der Waals surface area contributed by atoms with Gasteiger partial charge in [0, 0.05) is 6.42 Å². The first-order valence-corrected chi connectivity index (χ1v) is 11.7. The van der Waals surface area contributed by atoms with Crippen molar-refractivity contribution in [2.24, 2.45) is 0 Å². The molecule has 1 aromatic rings. The van der Waals surface area contributed by atoms with Gasteiger partial charge >= 0.3 is 5.97 Å². The van der Waals surface area contributed by atoms with E-state index in [0.29, 0.717) is 0 Å². The molecule has 0 radical (unpaired) electrons. The smallest absolute Gasteiger partial charge is 0.330 e. The molecule has 1 aromatic carbocycles. The summed E-state index contributed by atoms with van der Waals surface area (Å²) in [6, 6.07) is 3.71. The quantitative estimate of drug-likeness (QED) is 0.431. The van der Waals surface area contributed by atoms with E-state index in [2.05, 4.69) is 5.32 Å². The number of esters is 1. The maximum Gasteiger partial charge on any atom is 0.330 e. The van der Waals surface area contributed by atoms with Crippen LogP contribution < -0.4 is 5.32 Å². The highest BCUT2D eigenvalue weighted by atomic mass is 16.5. The van der Waals surface area contributed by atoms with E-state index < -0.39 is 54.5 Å². The number of fused-ring (bicyclic) bond motifs is 1. The van der Waals surface area contributed by atoms with E-state index in [0.717, 1.165) is 35.7 Å². The highest BCUT2D eigenvalue weighted by Crippen LogP contribution is 2.29. The number of rotatable bonds is 7. The number of benzene rings is 1. The summed E-state index contributed by atoms with van der Waals surface area (Å²) in [5, 5.41) is 2.60. The first-order chi connectivity index (χ1) is 16.7. The summed E-state index contributed by atoms with van der Waals surface area (Å²) in [6.07, 6.45) is 1.94. The van der Waals surface area contributed by atoms with E-state index in [4.69, 9.17) is 4.74 Å². The Hall–Kier alpha value is -3.60. The van der Waals surface area contributed by atoms with Gasteiger partial charge in [0.2, 0.25) is 11.8 Å². The molecule has 186 valence electrons. The Bertz CT molecular complexity index is 1050. The molecule has 4 rings (SSSR count). The average molecular weight is 485 g/mol. The molecule has 0 saturated carbocycles. The summed E-state index contributed by atoms with van der Waals surface area (Å²) in [5.41, 5.74) is 0.404. The Balaban J connectivity index is 1.35. The van der Waals surface area contributed by atoms with E-state index in [-0.39, 0.29) is 29.9 Å². The number of hydrogen-bond donors (Lipinski definition) is 1. The second-order valence-electron chi connectivity index (χ2n) is 8.98. The van der Waals surface area contributed by atoms with Crippen LogP contribution in [0.1, 0.15) is 60.2 Å². The Morgan fingerprint density at radius 3 is 2.23 bits per heavy atom. The van der Waals surface area contributed by atoms with Gasteiger partial charge in [-0.1, -0.05) is 12.1 Å². The molecule has 1 N–H and O–H groups in total. The lowest BCUT2D eigenvalue weighted by atomic mass is 10.0. The summed E-state index contributed by atoms with van der Waals surface area (Å²) >= 11 is 0. The molecule has 1 unspecified atom stereocenters. The van der Waals surface area contributed by atoms with Crippen LogP contribution in [0.3, 0.4) is 0 Å². The molecule has 0 aromatic heterocycles. The van der Waals surface area contributed by atoms with Gasteiger partial charge in [0.1, 0.15) is 12.1 Å². The minimum atomic E-state index is -1.17. The Kier molecular flexibility index (Phi) is 6.97. The number of nitrogens with one attached hydrogen (secondary N) is 1. The predicted octanol–water partition coefficient (Wildman–Crippen LogP) is 0.290. The van der Waals surface area contributed by atoms with Gasteiger partial charge in [-0.3, -0.25) is 33.8 Å². The molecular formula is C24H28N4O7. The van der Waals surface area contributed by atoms with Crippen molar-refractivity contribution in [1.82, 2.24) is 20.0 Å². The molecule has 3 atom stereocenters. The maximum atomic E-state index is 13.1. The first kappa shape index (κ1) is 24.5. The average Bonchev–Trinajstić information content (AvgIpc) is 3.46. The van der Waals surface area contributed by atoms with Crippen molar-refractivity contribution >= 4 is 35.5 Å². The fraction of sp³-hybridized carbons (Fsp3) is 0.500. The van der Waals surface area contributed by atoms with Gasteiger partial charge in [-0.25, -0.2) is 9.69 Å². The van der Waals surface area contributed by atoms with Gasteiger partial charge in [0.25, 0.3) is 17.7 Å². The normalized spacial score (nSPS) is 22.3. The van der Waals surface area contributed by atoms with Gasteiger partial charge < -0.3 is 10.1 Å². The molecule has 35 heavy (non-hydrogen) atoms. The lowest BCUT2D eigenvalue weighted by molar-refractivity contribution is -0.165. The Morgan fingerprint density at radius 2 is 1.63 bits per heavy atom. The maximum absolute atomic E-state index is 13.1. The molecule has 3 heterocycles. The number of carbonyl (C=O) groups excluding carboxylic acids is 6. The van der Waals surface area contributed by atoms with Crippen molar-refractivity contribution in [1.29, 1.82) is 0 Å². The number of hydrogen-bond acceptors (Lipinski definition) is 8. The molecule has 3 aliphatic rings. The van der Waals surface area contributed by atoms with Gasteiger partial charge in [-0.05, 0) is 58.3 Å². The van der Waals surface area contributed by atoms with E-state index in [9.17, 15) is 28.8 Å². The van der Waals surface area contributed by atoms with Crippen molar-refractivity contribution in [3.8, 4) is 0 Å². The zero-order chi connectivity index (χ0) is 25.3. The van der Waals surface area contributed by atoms with Crippen LogP contribution in [0.15, 0.2) is 24.3 Å². The van der Waals surface area contributed by atoms with Crippen LogP contribution in [0.2, 0.25) is 0 Å². The van der Waals surface area contributed by atoms with Crippen molar-refractivity contribution in [2.75, 3.05) is 19.8 Å². The van der Waals surface area contributed by atoms with Crippen LogP contribution in [0.25, 0.3) is 0 Å². The highest BCUT2D eigenvalue weighted by molar-refractivity contribution is 6.23. The van der Waals surface area contributed by atoms with Crippen LogP contribution in [0.4, 0.5) is 0 Å². The van der Waals surface area contributed by atoms with E-state index >= 15 is 0 Å². The number of carbonyl (C=O) groups is 6. The molecule has 11 nitrogen and oxygen atoms in total. The summed E-state index contributed by atoms with van der Waals surface area (Å²) in [7, 11) is 0. The van der Waals surface area contributed by atoms with Crippen LogP contribution in [0, 0.1) is 0 Å². The molecule has 2 fully saturated rings. The second kappa shape index (κ2) is 9.95. The van der Waals surface area contributed by atoms with Gasteiger partial charge in [0.05, 0.1) is 17.2 Å². The molecule has 0 aliphatic carbocycles. The van der Waals surface area contributed by atoms with E-state index in [1.807, 2.05) is 4.90 Å². The fourth-order valence-electron chi connectivity index (χ4n) is 4.63. The van der Waals surface area contributed by atoms with Crippen molar-refractivity contribution in [3.63, 3.8) is 0 Å². The van der Waals surface area contributed by atoms with Crippen LogP contribution in [0.5, 0.6) is 0 Å². The van der Waals surface area contributed by atoms with E-state index in [1.54, 1.807) is 19.1 Å². The SMILES string of the molecule is CC(C(=O)N[C@@H](C)C(=O)OCN1C(=O)CC[C@H](N2C(=O)c3ccccc3C2=O)C1=O)N1CCCC1. The van der Waals surface area contributed by atoms with Crippen LogP contribution >= 0.6 is 0 Å². The monoisotopic (exact) mass is 484 g/mol. The largest absolute Gasteiger partial charge is 0.442 e. The Labute approximate surface area is 202 Å². The zero-order valence-corrected chi connectivity index (χ0v) is 19.7. The molecule has 0 bridgehead atoms. The summed E-state index contributed by atoms with van der Waals surface area (Å²) in [4.78, 5) is 79.5.